The molecule has 2 aliphatic rings. The number of benzene rings is 2. The molecule has 1 saturated carbocycles. The van der Waals surface area contributed by atoms with Crippen LogP contribution in [0.5, 0.6) is 5.75 Å². The van der Waals surface area contributed by atoms with E-state index in [0.717, 1.165) is 18.5 Å². The molecule has 5 atom stereocenters. The normalized spacial score (nSPS) is 24.3. The van der Waals surface area contributed by atoms with Crippen molar-refractivity contribution in [2.45, 2.75) is 70.6 Å². The van der Waals surface area contributed by atoms with Crippen LogP contribution in [-0.2, 0) is 11.2 Å². The van der Waals surface area contributed by atoms with Gasteiger partial charge in [0.15, 0.2) is 0 Å². The van der Waals surface area contributed by atoms with E-state index in [-0.39, 0.29) is 23.5 Å². The van der Waals surface area contributed by atoms with E-state index in [9.17, 15) is 19.8 Å². The van der Waals surface area contributed by atoms with Gasteiger partial charge in [-0.1, -0.05) is 55.7 Å². The van der Waals surface area contributed by atoms with Crippen molar-refractivity contribution in [2.75, 3.05) is 13.1 Å². The van der Waals surface area contributed by atoms with Crippen molar-refractivity contribution in [1.29, 1.82) is 0 Å². The number of aromatic hydroxyl groups is 1. The third kappa shape index (κ3) is 6.11. The number of phenolic OH excluding ortho intramolecular Hbond substituents is 1. The molecule has 188 valence electrons. The fraction of sp³-hybridized carbons (Fsp3) is 0.517. The van der Waals surface area contributed by atoms with Crippen LogP contribution >= 0.6 is 0 Å². The van der Waals surface area contributed by atoms with E-state index in [2.05, 4.69) is 10.2 Å². The molecular formula is C29H38N2O4. The first-order chi connectivity index (χ1) is 16.8. The molecular weight excluding hydrogens is 440 g/mol. The van der Waals surface area contributed by atoms with Crippen LogP contribution in [0.2, 0.25) is 0 Å². The number of fused-ring (bicyclic) bond motifs is 1. The number of aliphatic hydroxyl groups is 1. The maximum atomic E-state index is 13.2. The molecule has 0 aromatic heterocycles. The molecule has 1 heterocycles. The monoisotopic (exact) mass is 478 g/mol. The lowest BCUT2D eigenvalue weighted by atomic mass is 9.72. The maximum absolute atomic E-state index is 13.2. The van der Waals surface area contributed by atoms with Crippen LogP contribution in [0.15, 0.2) is 48.5 Å². The van der Waals surface area contributed by atoms with Crippen LogP contribution in [0.3, 0.4) is 0 Å². The van der Waals surface area contributed by atoms with Crippen LogP contribution in [0.4, 0.5) is 0 Å². The van der Waals surface area contributed by atoms with E-state index >= 15 is 0 Å². The number of carbonyl (C=O) groups excluding carboxylic acids is 2. The highest BCUT2D eigenvalue weighted by Gasteiger charge is 2.40. The van der Waals surface area contributed by atoms with E-state index in [4.69, 9.17) is 0 Å². The fourth-order valence-electron chi connectivity index (χ4n) is 5.96. The quantitative estimate of drug-likeness (QED) is 0.536. The SMILES string of the molecule is CC(=O)C1CC2CCCCC2CN1CC(O)C(Cc1ccccc1)NC(=O)c1cccc(O)c1C. The summed E-state index contributed by atoms with van der Waals surface area (Å²) in [6, 6.07) is 14.0. The van der Waals surface area contributed by atoms with Crippen molar-refractivity contribution in [3.05, 3.63) is 65.2 Å². The summed E-state index contributed by atoms with van der Waals surface area (Å²) in [5.41, 5.74) is 1.91. The van der Waals surface area contributed by atoms with Gasteiger partial charge in [0, 0.05) is 24.2 Å². The molecule has 0 spiro atoms. The maximum Gasteiger partial charge on any atom is 0.252 e. The van der Waals surface area contributed by atoms with Gasteiger partial charge < -0.3 is 15.5 Å². The highest BCUT2D eigenvalue weighted by Crippen LogP contribution is 2.38. The summed E-state index contributed by atoms with van der Waals surface area (Å²) in [6.07, 6.45) is 5.34. The Hall–Kier alpha value is -2.70. The molecule has 2 fully saturated rings. The Labute approximate surface area is 208 Å². The topological polar surface area (TPSA) is 89.9 Å². The molecule has 35 heavy (non-hydrogen) atoms. The molecule has 2 aromatic carbocycles. The number of Topliss-reactive ketones (excluding diaryl/α,β-unsaturated/α-hetero) is 1. The number of nitrogens with one attached hydrogen (secondary N) is 1. The zero-order valence-electron chi connectivity index (χ0n) is 20.8. The van der Waals surface area contributed by atoms with Gasteiger partial charge in [-0.05, 0) is 62.6 Å². The largest absolute Gasteiger partial charge is 0.508 e. The van der Waals surface area contributed by atoms with Crippen LogP contribution in [0.1, 0.15) is 60.5 Å². The zero-order chi connectivity index (χ0) is 24.9. The van der Waals surface area contributed by atoms with Gasteiger partial charge in [0.1, 0.15) is 11.5 Å². The number of β-amino-alcohol motifs (C(OH)–C–C–N with tert-alkyl or cyclic N) is 1. The van der Waals surface area contributed by atoms with Crippen LogP contribution in [0.25, 0.3) is 0 Å². The molecule has 1 aliphatic carbocycles. The predicted molar refractivity (Wildman–Crippen MR) is 136 cm³/mol. The minimum atomic E-state index is -0.848. The number of likely N-dealkylation sites (tertiary alicyclic amines) is 1. The van der Waals surface area contributed by atoms with E-state index in [1.165, 1.54) is 25.7 Å². The van der Waals surface area contributed by atoms with Crippen molar-refractivity contribution in [1.82, 2.24) is 10.2 Å². The molecule has 1 aliphatic heterocycles. The lowest BCUT2D eigenvalue weighted by Gasteiger charge is -2.46. The van der Waals surface area contributed by atoms with E-state index in [1.807, 2.05) is 30.3 Å². The van der Waals surface area contributed by atoms with Crippen LogP contribution < -0.4 is 5.32 Å². The molecule has 3 N–H and O–H groups in total. The second-order valence-corrected chi connectivity index (χ2v) is 10.4. The smallest absolute Gasteiger partial charge is 0.252 e. The first kappa shape index (κ1) is 25.4. The van der Waals surface area contributed by atoms with E-state index in [1.54, 1.807) is 32.0 Å². The second-order valence-electron chi connectivity index (χ2n) is 10.4. The Morgan fingerprint density at radius 2 is 1.77 bits per heavy atom. The second kappa shape index (κ2) is 11.4. The van der Waals surface area contributed by atoms with Crippen molar-refractivity contribution in [2.24, 2.45) is 11.8 Å². The first-order valence-corrected chi connectivity index (χ1v) is 12.9. The highest BCUT2D eigenvalue weighted by atomic mass is 16.3. The minimum Gasteiger partial charge on any atom is -0.508 e. The number of rotatable bonds is 8. The highest BCUT2D eigenvalue weighted by molar-refractivity contribution is 5.96. The van der Waals surface area contributed by atoms with Crippen molar-refractivity contribution in [3.8, 4) is 5.75 Å². The fourth-order valence-corrected chi connectivity index (χ4v) is 5.96. The molecule has 5 unspecified atom stereocenters. The number of phenols is 1. The standard InChI is InChI=1S/C29H38N2O4/c1-19-24(13-8-14-27(19)33)29(35)30-25(15-21-9-4-3-5-10-21)28(34)18-31-17-23-12-7-6-11-22(23)16-26(31)20(2)32/h3-5,8-10,13-14,22-23,25-26,28,33-34H,6-7,11-12,15-18H2,1-2H3,(H,30,35). The average molecular weight is 479 g/mol. The van der Waals surface area contributed by atoms with Gasteiger partial charge in [-0.3, -0.25) is 14.5 Å². The molecule has 6 heteroatoms. The Kier molecular flexibility index (Phi) is 8.24. The third-order valence-electron chi connectivity index (χ3n) is 8.02. The lowest BCUT2D eigenvalue weighted by Crippen LogP contribution is -2.56. The van der Waals surface area contributed by atoms with Gasteiger partial charge in [-0.15, -0.1) is 0 Å². The number of amides is 1. The molecule has 0 bridgehead atoms. The first-order valence-electron chi connectivity index (χ1n) is 12.9. The van der Waals surface area contributed by atoms with Gasteiger partial charge in [-0.2, -0.15) is 0 Å². The van der Waals surface area contributed by atoms with Crippen molar-refractivity contribution >= 4 is 11.7 Å². The Balaban J connectivity index is 1.53. The predicted octanol–water partition coefficient (Wildman–Crippen LogP) is 3.87. The summed E-state index contributed by atoms with van der Waals surface area (Å²) in [5.74, 6) is 1.06. The summed E-state index contributed by atoms with van der Waals surface area (Å²) in [6.45, 7) is 4.52. The minimum absolute atomic E-state index is 0.0671. The Morgan fingerprint density at radius 1 is 1.06 bits per heavy atom. The molecule has 2 aromatic rings. The van der Waals surface area contributed by atoms with Gasteiger partial charge in [0.25, 0.3) is 5.91 Å². The number of aliphatic hydroxyl groups excluding tert-OH is 1. The van der Waals surface area contributed by atoms with E-state index in [0.29, 0.717) is 35.9 Å². The molecule has 4 rings (SSSR count). The zero-order valence-corrected chi connectivity index (χ0v) is 20.8. The summed E-state index contributed by atoms with van der Waals surface area (Å²) >= 11 is 0. The molecule has 1 amide bonds. The summed E-state index contributed by atoms with van der Waals surface area (Å²) in [4.78, 5) is 27.9. The van der Waals surface area contributed by atoms with Gasteiger partial charge in [0.2, 0.25) is 0 Å². The molecule has 0 radical (unpaired) electrons. The van der Waals surface area contributed by atoms with Crippen molar-refractivity contribution in [3.63, 3.8) is 0 Å². The summed E-state index contributed by atoms with van der Waals surface area (Å²) in [7, 11) is 0. The van der Waals surface area contributed by atoms with Crippen LogP contribution in [-0.4, -0.2) is 58.1 Å². The number of piperidine rings is 1. The number of hydrogen-bond donors (Lipinski definition) is 3. The number of nitrogens with zero attached hydrogens (tertiary/aromatic N) is 1. The molecule has 6 nitrogen and oxygen atoms in total. The summed E-state index contributed by atoms with van der Waals surface area (Å²) < 4.78 is 0. The lowest BCUT2D eigenvalue weighted by molar-refractivity contribution is -0.126. The number of hydrogen-bond acceptors (Lipinski definition) is 5. The van der Waals surface area contributed by atoms with Crippen LogP contribution in [0, 0.1) is 18.8 Å². The van der Waals surface area contributed by atoms with E-state index < -0.39 is 12.1 Å². The Bertz CT molecular complexity index is 1020. The molecule has 1 saturated heterocycles. The van der Waals surface area contributed by atoms with Crippen molar-refractivity contribution < 1.29 is 19.8 Å². The van der Waals surface area contributed by atoms with Gasteiger partial charge >= 0.3 is 0 Å². The number of carbonyl (C=O) groups is 2. The Morgan fingerprint density at radius 3 is 2.49 bits per heavy atom. The third-order valence-corrected chi connectivity index (χ3v) is 8.02. The van der Waals surface area contributed by atoms with Gasteiger partial charge in [0.05, 0.1) is 18.2 Å². The summed E-state index contributed by atoms with van der Waals surface area (Å²) in [5, 5.41) is 24.5. The average Bonchev–Trinajstić information content (AvgIpc) is 2.85. The van der Waals surface area contributed by atoms with Gasteiger partial charge in [-0.25, -0.2) is 0 Å². The number of ketones is 1.